The van der Waals surface area contributed by atoms with Crippen LogP contribution >= 0.6 is 0 Å². The molecule has 0 aliphatic heterocycles. The van der Waals surface area contributed by atoms with E-state index in [2.05, 4.69) is 34.6 Å². The van der Waals surface area contributed by atoms with Gasteiger partial charge in [-0.05, 0) is 43.3 Å². The summed E-state index contributed by atoms with van der Waals surface area (Å²) in [5, 5.41) is 3.15. The fourth-order valence-corrected chi connectivity index (χ4v) is 1.67. The molecule has 0 fully saturated rings. The Morgan fingerprint density at radius 3 is 2.56 bits per heavy atom. The summed E-state index contributed by atoms with van der Waals surface area (Å²) in [6, 6.07) is 12.3. The Balaban J connectivity index is 1.86. The van der Waals surface area contributed by atoms with Crippen LogP contribution in [-0.2, 0) is 13.0 Å². The van der Waals surface area contributed by atoms with Gasteiger partial charge in [0.25, 0.3) is 0 Å². The van der Waals surface area contributed by atoms with Crippen LogP contribution in [0.3, 0.4) is 0 Å². The van der Waals surface area contributed by atoms with E-state index in [-0.39, 0.29) is 0 Å². The number of aromatic nitrogens is 1. The highest BCUT2D eigenvalue weighted by molar-refractivity contribution is 5.23. The third-order valence-corrected chi connectivity index (χ3v) is 2.73. The Hall–Kier alpha value is -1.87. The van der Waals surface area contributed by atoms with Crippen LogP contribution in [-0.4, -0.2) is 18.6 Å². The molecule has 2 rings (SSSR count). The normalized spacial score (nSPS) is 10.3. The molecular formula is C15H18N2O. The maximum Gasteiger partial charge on any atom is 0.138 e. The quantitative estimate of drug-likeness (QED) is 0.844. The molecule has 0 bridgehead atoms. The lowest BCUT2D eigenvalue weighted by molar-refractivity contribution is 0.305. The van der Waals surface area contributed by atoms with Crippen LogP contribution in [0.4, 0.5) is 0 Å². The predicted octanol–water partition coefficient (Wildman–Crippen LogP) is 2.42. The summed E-state index contributed by atoms with van der Waals surface area (Å²) < 4.78 is 5.64. The molecule has 1 N–H and O–H groups in total. The molecule has 0 aliphatic carbocycles. The number of ether oxygens (including phenoxy) is 1. The zero-order chi connectivity index (χ0) is 12.6. The van der Waals surface area contributed by atoms with Crippen molar-refractivity contribution in [3.8, 4) is 5.75 Å². The molecular weight excluding hydrogens is 224 g/mol. The molecule has 0 spiro atoms. The number of hydrogen-bond acceptors (Lipinski definition) is 3. The molecule has 18 heavy (non-hydrogen) atoms. The molecule has 2 aromatic rings. The monoisotopic (exact) mass is 242 g/mol. The highest BCUT2D eigenvalue weighted by atomic mass is 16.5. The van der Waals surface area contributed by atoms with Gasteiger partial charge in [-0.3, -0.25) is 4.98 Å². The largest absolute Gasteiger partial charge is 0.487 e. The van der Waals surface area contributed by atoms with Crippen LogP contribution in [0, 0.1) is 0 Å². The predicted molar refractivity (Wildman–Crippen MR) is 72.6 cm³/mol. The number of rotatable bonds is 6. The fourth-order valence-electron chi connectivity index (χ4n) is 1.67. The van der Waals surface area contributed by atoms with Gasteiger partial charge in [0.2, 0.25) is 0 Å². The SMILES string of the molecule is CNCCc1ccc(COc2cccnc2)cc1. The molecule has 0 radical (unpaired) electrons. The van der Waals surface area contributed by atoms with E-state index in [1.54, 1.807) is 12.4 Å². The number of nitrogens with zero attached hydrogens (tertiary/aromatic N) is 1. The Bertz CT molecular complexity index is 454. The van der Waals surface area contributed by atoms with Crippen molar-refractivity contribution < 1.29 is 4.74 Å². The van der Waals surface area contributed by atoms with Crippen LogP contribution in [0.2, 0.25) is 0 Å². The molecule has 1 aromatic carbocycles. The first kappa shape index (κ1) is 12.6. The van der Waals surface area contributed by atoms with E-state index in [9.17, 15) is 0 Å². The van der Waals surface area contributed by atoms with Gasteiger partial charge >= 0.3 is 0 Å². The summed E-state index contributed by atoms with van der Waals surface area (Å²) in [7, 11) is 1.97. The summed E-state index contributed by atoms with van der Waals surface area (Å²) in [6.07, 6.45) is 4.52. The Morgan fingerprint density at radius 1 is 1.11 bits per heavy atom. The van der Waals surface area contributed by atoms with Gasteiger partial charge in [0.05, 0.1) is 6.20 Å². The minimum Gasteiger partial charge on any atom is -0.487 e. The third kappa shape index (κ3) is 3.86. The lowest BCUT2D eigenvalue weighted by atomic mass is 10.1. The average Bonchev–Trinajstić information content (AvgIpc) is 2.45. The van der Waals surface area contributed by atoms with Gasteiger partial charge in [0, 0.05) is 6.20 Å². The zero-order valence-electron chi connectivity index (χ0n) is 10.6. The van der Waals surface area contributed by atoms with Gasteiger partial charge in [-0.2, -0.15) is 0 Å². The second-order valence-electron chi connectivity index (χ2n) is 4.15. The van der Waals surface area contributed by atoms with Gasteiger partial charge in [-0.25, -0.2) is 0 Å². The number of nitrogens with one attached hydrogen (secondary N) is 1. The molecule has 0 atom stereocenters. The summed E-state index contributed by atoms with van der Waals surface area (Å²) >= 11 is 0. The first-order valence-electron chi connectivity index (χ1n) is 6.14. The number of hydrogen-bond donors (Lipinski definition) is 1. The highest BCUT2D eigenvalue weighted by Gasteiger charge is 1.97. The Labute approximate surface area is 108 Å². The van der Waals surface area contributed by atoms with E-state index in [0.29, 0.717) is 6.61 Å². The average molecular weight is 242 g/mol. The molecule has 1 heterocycles. The van der Waals surface area contributed by atoms with Crippen molar-refractivity contribution in [2.24, 2.45) is 0 Å². The molecule has 0 aliphatic rings. The summed E-state index contributed by atoms with van der Waals surface area (Å²) in [6.45, 7) is 1.59. The first-order chi connectivity index (χ1) is 8.88. The molecule has 3 nitrogen and oxygen atoms in total. The van der Waals surface area contributed by atoms with Crippen LogP contribution in [0.5, 0.6) is 5.75 Å². The Kier molecular flexibility index (Phi) is 4.73. The second-order valence-corrected chi connectivity index (χ2v) is 4.15. The van der Waals surface area contributed by atoms with E-state index >= 15 is 0 Å². The molecule has 0 amide bonds. The van der Waals surface area contributed by atoms with Crippen molar-refractivity contribution in [2.75, 3.05) is 13.6 Å². The lowest BCUT2D eigenvalue weighted by Crippen LogP contribution is -2.10. The van der Waals surface area contributed by atoms with Gasteiger partial charge in [0.15, 0.2) is 0 Å². The third-order valence-electron chi connectivity index (χ3n) is 2.73. The van der Waals surface area contributed by atoms with Crippen LogP contribution in [0.15, 0.2) is 48.8 Å². The number of pyridine rings is 1. The molecule has 3 heteroatoms. The van der Waals surface area contributed by atoms with E-state index < -0.39 is 0 Å². The van der Waals surface area contributed by atoms with E-state index in [1.807, 2.05) is 19.2 Å². The van der Waals surface area contributed by atoms with Crippen molar-refractivity contribution >= 4 is 0 Å². The fraction of sp³-hybridized carbons (Fsp3) is 0.267. The molecule has 1 aromatic heterocycles. The zero-order valence-corrected chi connectivity index (χ0v) is 10.6. The Morgan fingerprint density at radius 2 is 1.89 bits per heavy atom. The summed E-state index contributed by atoms with van der Waals surface area (Å²) in [5.41, 5.74) is 2.52. The second kappa shape index (κ2) is 6.77. The molecule has 0 unspecified atom stereocenters. The van der Waals surface area contributed by atoms with E-state index in [0.717, 1.165) is 18.7 Å². The maximum absolute atomic E-state index is 5.64. The van der Waals surface area contributed by atoms with Crippen molar-refractivity contribution in [3.63, 3.8) is 0 Å². The summed E-state index contributed by atoms with van der Waals surface area (Å²) in [5.74, 6) is 0.803. The van der Waals surface area contributed by atoms with Crippen LogP contribution in [0.25, 0.3) is 0 Å². The van der Waals surface area contributed by atoms with Gasteiger partial charge in [-0.1, -0.05) is 24.3 Å². The lowest BCUT2D eigenvalue weighted by Gasteiger charge is -2.06. The maximum atomic E-state index is 5.64. The highest BCUT2D eigenvalue weighted by Crippen LogP contribution is 2.11. The first-order valence-corrected chi connectivity index (χ1v) is 6.14. The standard InChI is InChI=1S/C15H18N2O/c1-16-10-8-13-4-6-14(7-5-13)12-18-15-3-2-9-17-11-15/h2-7,9,11,16H,8,10,12H2,1H3. The number of likely N-dealkylation sites (N-methyl/N-ethyl adjacent to an activating group) is 1. The number of benzene rings is 1. The van der Waals surface area contributed by atoms with Crippen molar-refractivity contribution in [3.05, 3.63) is 59.9 Å². The van der Waals surface area contributed by atoms with Crippen molar-refractivity contribution in [1.82, 2.24) is 10.3 Å². The van der Waals surface area contributed by atoms with Gasteiger partial charge in [0.1, 0.15) is 12.4 Å². The van der Waals surface area contributed by atoms with Crippen LogP contribution in [0.1, 0.15) is 11.1 Å². The topological polar surface area (TPSA) is 34.1 Å². The minimum absolute atomic E-state index is 0.581. The minimum atomic E-state index is 0.581. The van der Waals surface area contributed by atoms with Crippen molar-refractivity contribution in [1.29, 1.82) is 0 Å². The van der Waals surface area contributed by atoms with Crippen molar-refractivity contribution in [2.45, 2.75) is 13.0 Å². The van der Waals surface area contributed by atoms with E-state index in [1.165, 1.54) is 11.1 Å². The molecule has 0 saturated heterocycles. The van der Waals surface area contributed by atoms with Gasteiger partial charge in [-0.15, -0.1) is 0 Å². The van der Waals surface area contributed by atoms with Gasteiger partial charge < -0.3 is 10.1 Å². The molecule has 94 valence electrons. The van der Waals surface area contributed by atoms with E-state index in [4.69, 9.17) is 4.74 Å². The summed E-state index contributed by atoms with van der Waals surface area (Å²) in [4.78, 5) is 4.01. The molecule has 0 saturated carbocycles. The smallest absolute Gasteiger partial charge is 0.138 e. The van der Waals surface area contributed by atoms with Crippen LogP contribution < -0.4 is 10.1 Å².